The maximum Gasteiger partial charge on any atom is 0.141 e. The molecule has 0 bridgehead atoms. The molecule has 4 rings (SSSR count). The van der Waals surface area contributed by atoms with Crippen LogP contribution in [0, 0.1) is 0 Å². The second kappa shape index (κ2) is 4.02. The average molecular weight is 266 g/mol. The lowest BCUT2D eigenvalue weighted by Gasteiger charge is -1.90. The molecule has 0 radical (unpaired) electrons. The molecule has 0 aliphatic rings. The Morgan fingerprint density at radius 3 is 3.20 bits per heavy atom. The molecule has 0 saturated carbocycles. The summed E-state index contributed by atoms with van der Waals surface area (Å²) in [5.74, 6) is 0.715. The molecule has 4 aromatic heterocycles. The Morgan fingerprint density at radius 1 is 1.35 bits per heavy atom. The first-order valence-corrected chi connectivity index (χ1v) is 6.13. The summed E-state index contributed by atoms with van der Waals surface area (Å²) in [6.45, 7) is 0.240. The van der Waals surface area contributed by atoms with Crippen molar-refractivity contribution in [2.45, 2.75) is 6.54 Å². The van der Waals surface area contributed by atoms with Crippen LogP contribution in [0.15, 0.2) is 30.9 Å². The topological polar surface area (TPSA) is 92.2 Å². The highest BCUT2D eigenvalue weighted by atomic mass is 16.1. The van der Waals surface area contributed by atoms with Crippen molar-refractivity contribution >= 4 is 28.4 Å². The van der Waals surface area contributed by atoms with Crippen molar-refractivity contribution in [1.29, 1.82) is 0 Å². The molecule has 20 heavy (non-hydrogen) atoms. The van der Waals surface area contributed by atoms with E-state index < -0.39 is 0 Å². The number of rotatable bonds is 3. The van der Waals surface area contributed by atoms with Gasteiger partial charge in [-0.3, -0.25) is 4.68 Å². The summed E-state index contributed by atoms with van der Waals surface area (Å²) in [5.41, 5.74) is 3.39. The van der Waals surface area contributed by atoms with Crippen molar-refractivity contribution in [2.24, 2.45) is 0 Å². The van der Waals surface area contributed by atoms with E-state index in [9.17, 15) is 4.79 Å². The van der Waals surface area contributed by atoms with Gasteiger partial charge in [0.2, 0.25) is 0 Å². The highest BCUT2D eigenvalue weighted by Gasteiger charge is 2.11. The zero-order chi connectivity index (χ0) is 13.5. The van der Waals surface area contributed by atoms with Crippen LogP contribution in [0.3, 0.4) is 0 Å². The number of aromatic amines is 2. The average Bonchev–Trinajstić information content (AvgIpc) is 3.16. The monoisotopic (exact) mass is 266 g/mol. The molecule has 0 amide bonds. The van der Waals surface area contributed by atoms with Gasteiger partial charge < -0.3 is 14.8 Å². The number of H-pyrrole nitrogens is 2. The van der Waals surface area contributed by atoms with E-state index in [-0.39, 0.29) is 6.54 Å². The molecule has 0 saturated heterocycles. The van der Waals surface area contributed by atoms with E-state index in [1.807, 2.05) is 12.3 Å². The maximum atomic E-state index is 10.5. The molecule has 2 N–H and O–H groups in total. The molecule has 0 spiro atoms. The van der Waals surface area contributed by atoms with E-state index in [0.29, 0.717) is 5.82 Å². The lowest BCUT2D eigenvalue weighted by Crippen LogP contribution is -1.97. The first-order chi connectivity index (χ1) is 9.85. The minimum absolute atomic E-state index is 0.240. The maximum absolute atomic E-state index is 10.5. The SMILES string of the molecule is O=CCn1cc(-c2nc3c(cnc4[nH]ccc43)[nH]2)cn1. The zero-order valence-electron chi connectivity index (χ0n) is 10.4. The summed E-state index contributed by atoms with van der Waals surface area (Å²) in [6, 6.07) is 1.95. The number of hydrogen-bond donors (Lipinski definition) is 2. The number of pyridine rings is 1. The van der Waals surface area contributed by atoms with Gasteiger partial charge in [0.1, 0.15) is 23.3 Å². The number of aromatic nitrogens is 6. The molecule has 0 atom stereocenters. The smallest absolute Gasteiger partial charge is 0.141 e. The second-order valence-electron chi connectivity index (χ2n) is 4.46. The number of aldehydes is 1. The van der Waals surface area contributed by atoms with Gasteiger partial charge in [-0.25, -0.2) is 9.97 Å². The molecule has 0 aromatic carbocycles. The molecule has 4 heterocycles. The summed E-state index contributed by atoms with van der Waals surface area (Å²) < 4.78 is 1.57. The third-order valence-electron chi connectivity index (χ3n) is 3.20. The van der Waals surface area contributed by atoms with Gasteiger partial charge in [0.15, 0.2) is 0 Å². The number of nitrogens with zero attached hydrogens (tertiary/aromatic N) is 4. The predicted molar refractivity (Wildman–Crippen MR) is 73.0 cm³/mol. The van der Waals surface area contributed by atoms with E-state index in [2.05, 4.69) is 25.0 Å². The summed E-state index contributed by atoms with van der Waals surface area (Å²) in [6.07, 6.45) is 7.87. The first-order valence-electron chi connectivity index (χ1n) is 6.13. The van der Waals surface area contributed by atoms with Gasteiger partial charge in [0.05, 0.1) is 30.0 Å². The van der Waals surface area contributed by atoms with Crippen molar-refractivity contribution in [2.75, 3.05) is 0 Å². The summed E-state index contributed by atoms with van der Waals surface area (Å²) in [7, 11) is 0. The summed E-state index contributed by atoms with van der Waals surface area (Å²) >= 11 is 0. The molecule has 7 nitrogen and oxygen atoms in total. The van der Waals surface area contributed by atoms with Crippen LogP contribution in [0.5, 0.6) is 0 Å². The zero-order valence-corrected chi connectivity index (χ0v) is 10.4. The van der Waals surface area contributed by atoms with Gasteiger partial charge in [0, 0.05) is 17.8 Å². The number of carbonyl (C=O) groups is 1. The largest absolute Gasteiger partial charge is 0.346 e. The lowest BCUT2D eigenvalue weighted by molar-refractivity contribution is -0.108. The first kappa shape index (κ1) is 10.9. The number of fused-ring (bicyclic) bond motifs is 3. The molecule has 0 aliphatic heterocycles. The molecule has 7 heteroatoms. The number of imidazole rings is 1. The summed E-state index contributed by atoms with van der Waals surface area (Å²) in [5, 5.41) is 5.09. The minimum atomic E-state index is 0.240. The van der Waals surface area contributed by atoms with Crippen LogP contribution in [0.2, 0.25) is 0 Å². The normalized spacial score (nSPS) is 11.4. The minimum Gasteiger partial charge on any atom is -0.346 e. The predicted octanol–water partition coefficient (Wildman–Crippen LogP) is 1.50. The Hall–Kier alpha value is -2.96. The fraction of sp³-hybridized carbons (Fsp3) is 0.0769. The van der Waals surface area contributed by atoms with Crippen LogP contribution in [-0.4, -0.2) is 36.0 Å². The summed E-state index contributed by atoms with van der Waals surface area (Å²) in [4.78, 5) is 25.7. The van der Waals surface area contributed by atoms with E-state index in [4.69, 9.17) is 0 Å². The van der Waals surface area contributed by atoms with Gasteiger partial charge in [-0.05, 0) is 6.07 Å². The van der Waals surface area contributed by atoms with Gasteiger partial charge in [-0.15, -0.1) is 0 Å². The Balaban J connectivity index is 1.88. The van der Waals surface area contributed by atoms with E-state index >= 15 is 0 Å². The standard InChI is InChI=1S/C13H10N6O/c20-4-3-19-7-8(5-16-19)12-17-10-6-15-13-9(1-2-14-13)11(10)18-12/h1-2,4-7H,3H2,(H,14,15)(H,17,18). The molecular weight excluding hydrogens is 256 g/mol. The number of hydrogen-bond acceptors (Lipinski definition) is 4. The van der Waals surface area contributed by atoms with Gasteiger partial charge in [-0.2, -0.15) is 5.10 Å². The van der Waals surface area contributed by atoms with Crippen molar-refractivity contribution in [3.8, 4) is 11.4 Å². The van der Waals surface area contributed by atoms with Crippen LogP contribution in [-0.2, 0) is 11.3 Å². The van der Waals surface area contributed by atoms with Crippen LogP contribution in [0.4, 0.5) is 0 Å². The van der Waals surface area contributed by atoms with Crippen LogP contribution in [0.1, 0.15) is 0 Å². The number of carbonyl (C=O) groups excluding carboxylic acids is 1. The van der Waals surface area contributed by atoms with Crippen molar-refractivity contribution in [3.63, 3.8) is 0 Å². The van der Waals surface area contributed by atoms with Crippen LogP contribution >= 0.6 is 0 Å². The lowest BCUT2D eigenvalue weighted by atomic mass is 10.3. The Kier molecular flexibility index (Phi) is 2.19. The van der Waals surface area contributed by atoms with E-state index in [1.54, 1.807) is 23.3 Å². The van der Waals surface area contributed by atoms with Crippen LogP contribution in [0.25, 0.3) is 33.5 Å². The number of nitrogens with one attached hydrogen (secondary N) is 2. The second-order valence-corrected chi connectivity index (χ2v) is 4.46. The van der Waals surface area contributed by atoms with Gasteiger partial charge in [-0.1, -0.05) is 0 Å². The molecule has 0 fully saturated rings. The molecule has 0 aliphatic carbocycles. The Bertz CT molecular complexity index is 915. The highest BCUT2D eigenvalue weighted by molar-refractivity contribution is 6.01. The molecule has 4 aromatic rings. The van der Waals surface area contributed by atoms with Crippen LogP contribution < -0.4 is 0 Å². The Labute approximate surface area is 112 Å². The Morgan fingerprint density at radius 2 is 2.30 bits per heavy atom. The van der Waals surface area contributed by atoms with Crippen molar-refractivity contribution < 1.29 is 4.79 Å². The van der Waals surface area contributed by atoms with Crippen molar-refractivity contribution in [1.82, 2.24) is 29.7 Å². The quantitative estimate of drug-likeness (QED) is 0.550. The molecular formula is C13H10N6O. The fourth-order valence-electron chi connectivity index (χ4n) is 2.27. The third kappa shape index (κ3) is 1.53. The van der Waals surface area contributed by atoms with Gasteiger partial charge >= 0.3 is 0 Å². The van der Waals surface area contributed by atoms with E-state index in [1.165, 1.54) is 0 Å². The molecule has 0 unspecified atom stereocenters. The highest BCUT2D eigenvalue weighted by Crippen LogP contribution is 2.24. The van der Waals surface area contributed by atoms with Gasteiger partial charge in [0.25, 0.3) is 0 Å². The van der Waals surface area contributed by atoms with E-state index in [0.717, 1.165) is 33.9 Å². The third-order valence-corrected chi connectivity index (χ3v) is 3.20. The molecule has 98 valence electrons. The van der Waals surface area contributed by atoms with Crippen molar-refractivity contribution in [3.05, 3.63) is 30.9 Å². The fourth-order valence-corrected chi connectivity index (χ4v) is 2.27.